The van der Waals surface area contributed by atoms with Crippen molar-refractivity contribution in [2.24, 2.45) is 0 Å². The van der Waals surface area contributed by atoms with Gasteiger partial charge >= 0.3 is 0 Å². The van der Waals surface area contributed by atoms with Crippen LogP contribution in [0.1, 0.15) is 17.2 Å². The van der Waals surface area contributed by atoms with Gasteiger partial charge in [-0.1, -0.05) is 24.3 Å². The van der Waals surface area contributed by atoms with E-state index < -0.39 is 0 Å². The van der Waals surface area contributed by atoms with Gasteiger partial charge in [0.1, 0.15) is 11.6 Å². The van der Waals surface area contributed by atoms with Crippen LogP contribution in [-0.4, -0.2) is 24.8 Å². The Morgan fingerprint density at radius 1 is 0.900 bits per heavy atom. The summed E-state index contributed by atoms with van der Waals surface area (Å²) in [6.45, 7) is 2.36. The van der Waals surface area contributed by atoms with Crippen molar-refractivity contribution in [2.75, 3.05) is 0 Å². The average molecular weight is 266 g/mol. The number of nitrogens with zero attached hydrogens (tertiary/aromatic N) is 3. The highest BCUT2D eigenvalue weighted by Gasteiger charge is 2.10. The molecule has 2 heterocycles. The summed E-state index contributed by atoms with van der Waals surface area (Å²) in [6, 6.07) is 11.1. The van der Waals surface area contributed by atoms with Crippen LogP contribution in [0.5, 0.6) is 0 Å². The predicted octanol–water partition coefficient (Wildman–Crippen LogP) is 2.14. The monoisotopic (exact) mass is 266 g/mol. The molecule has 20 heavy (non-hydrogen) atoms. The second kappa shape index (κ2) is 6.16. The SMILES string of the molecule is [c]1ccc(CN(Cc2ncc[nH]2)Cc2ncc[nH]2)cc1. The summed E-state index contributed by atoms with van der Waals surface area (Å²) in [5.41, 5.74) is 1.25. The molecular weight excluding hydrogens is 250 g/mol. The number of H-pyrrole nitrogens is 2. The predicted molar refractivity (Wildman–Crippen MR) is 75.4 cm³/mol. The minimum Gasteiger partial charge on any atom is -0.348 e. The summed E-state index contributed by atoms with van der Waals surface area (Å²) in [4.78, 5) is 17.2. The highest BCUT2D eigenvalue weighted by Crippen LogP contribution is 2.10. The van der Waals surface area contributed by atoms with Gasteiger partial charge in [0.05, 0.1) is 13.1 Å². The third-order valence-electron chi connectivity index (χ3n) is 3.05. The van der Waals surface area contributed by atoms with E-state index in [1.807, 2.05) is 24.5 Å². The molecule has 1 aromatic carbocycles. The molecule has 0 aliphatic heterocycles. The zero-order valence-corrected chi connectivity index (χ0v) is 11.1. The highest BCUT2D eigenvalue weighted by molar-refractivity contribution is 5.13. The standard InChI is InChI=1S/C15H16N5/c1-2-4-13(5-3-1)10-20(11-14-16-6-7-17-14)12-15-18-8-9-19-15/h2-9H,10-12H2,(H,16,17)(H,18,19). The van der Waals surface area contributed by atoms with E-state index in [4.69, 9.17) is 0 Å². The zero-order chi connectivity index (χ0) is 13.6. The van der Waals surface area contributed by atoms with Crippen LogP contribution >= 0.6 is 0 Å². The maximum absolute atomic E-state index is 4.29. The van der Waals surface area contributed by atoms with Crippen LogP contribution in [0.3, 0.4) is 0 Å². The molecule has 5 heteroatoms. The summed E-state index contributed by atoms with van der Waals surface area (Å²) in [7, 11) is 0. The van der Waals surface area contributed by atoms with Crippen molar-refractivity contribution in [1.82, 2.24) is 24.8 Å². The van der Waals surface area contributed by atoms with E-state index in [1.54, 1.807) is 12.4 Å². The first-order valence-electron chi connectivity index (χ1n) is 6.54. The minimum atomic E-state index is 0.756. The molecule has 2 N–H and O–H groups in total. The Labute approximate surface area is 117 Å². The first-order chi connectivity index (χ1) is 9.90. The molecule has 3 rings (SSSR count). The van der Waals surface area contributed by atoms with Crippen molar-refractivity contribution in [3.63, 3.8) is 0 Å². The number of imidazole rings is 2. The molecule has 0 atom stereocenters. The third kappa shape index (κ3) is 3.33. The number of hydrogen-bond acceptors (Lipinski definition) is 3. The molecule has 0 spiro atoms. The molecule has 0 fully saturated rings. The van der Waals surface area contributed by atoms with Crippen molar-refractivity contribution < 1.29 is 0 Å². The average Bonchev–Trinajstić information content (AvgIpc) is 3.13. The van der Waals surface area contributed by atoms with Gasteiger partial charge in [0.25, 0.3) is 0 Å². The van der Waals surface area contributed by atoms with Gasteiger partial charge in [-0.05, 0) is 11.6 Å². The Balaban J connectivity index is 1.72. The Morgan fingerprint density at radius 3 is 2.00 bits per heavy atom. The van der Waals surface area contributed by atoms with Crippen LogP contribution in [0, 0.1) is 6.07 Å². The minimum absolute atomic E-state index is 0.756. The van der Waals surface area contributed by atoms with Crippen molar-refractivity contribution in [1.29, 1.82) is 0 Å². The lowest BCUT2D eigenvalue weighted by atomic mass is 10.2. The Morgan fingerprint density at radius 2 is 1.50 bits per heavy atom. The van der Waals surface area contributed by atoms with Gasteiger partial charge in [0, 0.05) is 31.3 Å². The lowest BCUT2D eigenvalue weighted by Crippen LogP contribution is -2.23. The van der Waals surface area contributed by atoms with E-state index in [0.717, 1.165) is 31.3 Å². The molecule has 5 nitrogen and oxygen atoms in total. The Hall–Kier alpha value is -2.40. The fourth-order valence-corrected chi connectivity index (χ4v) is 2.15. The summed E-state index contributed by atoms with van der Waals surface area (Å²) in [6.07, 6.45) is 7.24. The second-order valence-corrected chi connectivity index (χ2v) is 4.63. The molecule has 0 aliphatic carbocycles. The van der Waals surface area contributed by atoms with E-state index >= 15 is 0 Å². The van der Waals surface area contributed by atoms with Crippen LogP contribution in [0.25, 0.3) is 0 Å². The van der Waals surface area contributed by atoms with E-state index in [-0.39, 0.29) is 0 Å². The zero-order valence-electron chi connectivity index (χ0n) is 11.1. The second-order valence-electron chi connectivity index (χ2n) is 4.63. The molecule has 101 valence electrons. The number of nitrogens with one attached hydrogen (secondary N) is 2. The number of rotatable bonds is 6. The number of benzene rings is 1. The van der Waals surface area contributed by atoms with Gasteiger partial charge in [-0.25, -0.2) is 9.97 Å². The topological polar surface area (TPSA) is 60.6 Å². The quantitative estimate of drug-likeness (QED) is 0.718. The maximum Gasteiger partial charge on any atom is 0.120 e. The van der Waals surface area contributed by atoms with Crippen molar-refractivity contribution in [2.45, 2.75) is 19.6 Å². The van der Waals surface area contributed by atoms with E-state index in [2.05, 4.69) is 43.0 Å². The number of hydrogen-bond donors (Lipinski definition) is 2. The van der Waals surface area contributed by atoms with Crippen LogP contribution in [-0.2, 0) is 19.6 Å². The van der Waals surface area contributed by atoms with E-state index in [1.165, 1.54) is 5.56 Å². The maximum atomic E-state index is 4.29. The highest BCUT2D eigenvalue weighted by atomic mass is 15.2. The van der Waals surface area contributed by atoms with Gasteiger partial charge < -0.3 is 9.97 Å². The molecule has 3 aromatic rings. The van der Waals surface area contributed by atoms with Crippen molar-refractivity contribution in [3.05, 3.63) is 72.3 Å². The van der Waals surface area contributed by atoms with Crippen molar-refractivity contribution in [3.8, 4) is 0 Å². The lowest BCUT2D eigenvalue weighted by molar-refractivity contribution is 0.236. The Bertz CT molecular complexity index is 565. The largest absolute Gasteiger partial charge is 0.348 e. The van der Waals surface area contributed by atoms with Crippen LogP contribution in [0.4, 0.5) is 0 Å². The normalized spacial score (nSPS) is 11.1. The molecule has 0 unspecified atom stereocenters. The van der Waals surface area contributed by atoms with Gasteiger partial charge in [0.15, 0.2) is 0 Å². The molecule has 0 saturated heterocycles. The molecule has 0 bridgehead atoms. The van der Waals surface area contributed by atoms with E-state index in [9.17, 15) is 0 Å². The number of aromatic amines is 2. The van der Waals surface area contributed by atoms with Gasteiger partial charge in [-0.2, -0.15) is 0 Å². The fourth-order valence-electron chi connectivity index (χ4n) is 2.15. The lowest BCUT2D eigenvalue weighted by Gasteiger charge is -2.20. The van der Waals surface area contributed by atoms with Gasteiger partial charge in [-0.15, -0.1) is 0 Å². The first kappa shape index (κ1) is 12.6. The van der Waals surface area contributed by atoms with Gasteiger partial charge in [-0.3, -0.25) is 4.90 Å². The van der Waals surface area contributed by atoms with Gasteiger partial charge in [0.2, 0.25) is 0 Å². The molecule has 0 amide bonds. The van der Waals surface area contributed by atoms with Crippen LogP contribution < -0.4 is 0 Å². The summed E-state index contributed by atoms with van der Waals surface area (Å²) in [5.74, 6) is 1.91. The van der Waals surface area contributed by atoms with Crippen molar-refractivity contribution >= 4 is 0 Å². The molecule has 2 aromatic heterocycles. The summed E-state index contributed by atoms with van der Waals surface area (Å²) in [5, 5.41) is 0. The smallest absolute Gasteiger partial charge is 0.120 e. The number of aromatic nitrogens is 4. The van der Waals surface area contributed by atoms with Crippen LogP contribution in [0.2, 0.25) is 0 Å². The van der Waals surface area contributed by atoms with E-state index in [0.29, 0.717) is 0 Å². The van der Waals surface area contributed by atoms with Crippen LogP contribution in [0.15, 0.2) is 49.1 Å². The molecule has 1 radical (unpaired) electrons. The summed E-state index contributed by atoms with van der Waals surface area (Å²) >= 11 is 0. The molecule has 0 saturated carbocycles. The first-order valence-corrected chi connectivity index (χ1v) is 6.54. The molecule has 0 aliphatic rings. The molecular formula is C15H16N5. The summed E-state index contributed by atoms with van der Waals surface area (Å²) < 4.78 is 0. The third-order valence-corrected chi connectivity index (χ3v) is 3.05. The fraction of sp³-hybridized carbons (Fsp3) is 0.200. The Kier molecular flexibility index (Phi) is 3.89.